The van der Waals surface area contributed by atoms with Crippen molar-refractivity contribution in [2.75, 3.05) is 13.2 Å². The third-order valence-electron chi connectivity index (χ3n) is 3.00. The first-order chi connectivity index (χ1) is 5.61. The van der Waals surface area contributed by atoms with Crippen LogP contribution in [0.3, 0.4) is 0 Å². The van der Waals surface area contributed by atoms with Gasteiger partial charge in [-0.25, -0.2) is 0 Å². The molecule has 1 unspecified atom stereocenters. The largest absolute Gasteiger partial charge is 0.462 e. The summed E-state index contributed by atoms with van der Waals surface area (Å²) in [4.78, 5) is 11.1. The number of hydrogen-bond donors (Lipinski definition) is 0. The number of carbonyl (C=O) groups excluding carboxylic acids is 1. The highest BCUT2D eigenvalue weighted by Crippen LogP contribution is 2.30. The third kappa shape index (κ3) is 1.10. The zero-order valence-electron chi connectivity index (χ0n) is 7.67. The average Bonchev–Trinajstić information content (AvgIpc) is 2.29. The smallest absolute Gasteiger partial charge is 0.326 e. The number of cyclic esters (lactones) is 1. The van der Waals surface area contributed by atoms with Crippen LogP contribution >= 0.6 is 0 Å². The van der Waals surface area contributed by atoms with Gasteiger partial charge in [0.05, 0.1) is 0 Å². The molecule has 4 heteroatoms. The number of nitrogens with zero attached hydrogens (tertiary/aromatic N) is 1. The van der Waals surface area contributed by atoms with Crippen molar-refractivity contribution in [3.05, 3.63) is 0 Å². The number of rotatable bonds is 1. The van der Waals surface area contributed by atoms with Gasteiger partial charge in [0, 0.05) is 0 Å². The van der Waals surface area contributed by atoms with E-state index >= 15 is 0 Å². The summed E-state index contributed by atoms with van der Waals surface area (Å²) >= 11 is 0. The highest BCUT2D eigenvalue weighted by atomic mass is 28.3. The first kappa shape index (κ1) is 8.25. The van der Waals surface area contributed by atoms with E-state index in [-0.39, 0.29) is 12.0 Å². The van der Waals surface area contributed by atoms with Gasteiger partial charge in [0.15, 0.2) is 0 Å². The van der Waals surface area contributed by atoms with E-state index in [2.05, 4.69) is 17.7 Å². The average molecular weight is 185 g/mol. The van der Waals surface area contributed by atoms with Crippen molar-refractivity contribution in [1.29, 1.82) is 0 Å². The van der Waals surface area contributed by atoms with Gasteiger partial charge in [-0.1, -0.05) is 13.1 Å². The Labute approximate surface area is 73.8 Å². The molecule has 0 aromatic carbocycles. The molecule has 0 amide bonds. The number of carbonyl (C=O) groups is 1. The molecular formula is C8H15NO2Si. The van der Waals surface area contributed by atoms with Gasteiger partial charge in [-0.15, -0.1) is 0 Å². The van der Waals surface area contributed by atoms with Gasteiger partial charge in [0.2, 0.25) is 0 Å². The minimum atomic E-state index is -1.21. The monoisotopic (exact) mass is 185 g/mol. The normalized spacial score (nSPS) is 34.5. The minimum Gasteiger partial charge on any atom is -0.462 e. The number of esters is 1. The van der Waals surface area contributed by atoms with E-state index in [9.17, 15) is 4.79 Å². The molecule has 1 atom stereocenters. The lowest BCUT2D eigenvalue weighted by atomic mass is 10.2. The molecule has 0 bridgehead atoms. The fraction of sp³-hybridized carbons (Fsp3) is 0.875. The lowest BCUT2D eigenvalue weighted by molar-refractivity contribution is -0.167. The van der Waals surface area contributed by atoms with Crippen LogP contribution < -0.4 is 0 Å². The summed E-state index contributed by atoms with van der Waals surface area (Å²) in [7, 11) is -1.21. The molecule has 0 spiro atoms. The van der Waals surface area contributed by atoms with E-state index in [0.717, 1.165) is 6.54 Å². The molecule has 0 N–H and O–H groups in total. The Morgan fingerprint density at radius 3 is 2.67 bits per heavy atom. The van der Waals surface area contributed by atoms with Crippen LogP contribution in [0.15, 0.2) is 0 Å². The molecule has 68 valence electrons. The fourth-order valence-electron chi connectivity index (χ4n) is 2.15. The van der Waals surface area contributed by atoms with Crippen LogP contribution in [0, 0.1) is 0 Å². The molecule has 2 fully saturated rings. The zero-order chi connectivity index (χ0) is 8.77. The maximum absolute atomic E-state index is 11.1. The first-order valence-electron chi connectivity index (χ1n) is 4.55. The summed E-state index contributed by atoms with van der Waals surface area (Å²) in [5.74, 6) is -0.00234. The maximum atomic E-state index is 11.1. The highest BCUT2D eigenvalue weighted by molar-refractivity contribution is 6.75. The van der Waals surface area contributed by atoms with E-state index in [1.807, 2.05) is 0 Å². The van der Waals surface area contributed by atoms with Crippen molar-refractivity contribution in [2.24, 2.45) is 0 Å². The highest BCUT2D eigenvalue weighted by Gasteiger charge is 2.46. The number of hydrogen-bond acceptors (Lipinski definition) is 3. The Bertz CT molecular complexity index is 217. The van der Waals surface area contributed by atoms with Gasteiger partial charge in [-0.2, -0.15) is 0 Å². The Kier molecular flexibility index (Phi) is 1.77. The van der Waals surface area contributed by atoms with Crippen molar-refractivity contribution >= 4 is 14.2 Å². The van der Waals surface area contributed by atoms with Crippen LogP contribution in [0.25, 0.3) is 0 Å². The Morgan fingerprint density at radius 1 is 1.58 bits per heavy atom. The second-order valence-corrected chi connectivity index (χ2v) is 8.95. The summed E-state index contributed by atoms with van der Waals surface area (Å²) in [6.07, 6.45) is 1.27. The first-order valence-corrected chi connectivity index (χ1v) is 7.70. The molecule has 3 nitrogen and oxygen atoms in total. The molecule has 0 saturated carbocycles. The summed E-state index contributed by atoms with van der Waals surface area (Å²) in [5, 5.41) is 0. The van der Waals surface area contributed by atoms with E-state index < -0.39 is 8.24 Å². The Morgan fingerprint density at radius 2 is 2.33 bits per heavy atom. The number of ether oxygens (including phenoxy) is 1. The molecule has 2 aliphatic rings. The summed E-state index contributed by atoms with van der Waals surface area (Å²) < 4.78 is 7.21. The molecule has 0 aliphatic carbocycles. The second kappa shape index (κ2) is 2.57. The van der Waals surface area contributed by atoms with Gasteiger partial charge in [-0.05, 0) is 19.0 Å². The molecular weight excluding hydrogens is 170 g/mol. The van der Waals surface area contributed by atoms with Crippen molar-refractivity contribution in [3.63, 3.8) is 0 Å². The SMILES string of the molecule is C[Si]1(C)CCCN1C1COC1=O. The van der Waals surface area contributed by atoms with E-state index in [0.29, 0.717) is 6.61 Å². The van der Waals surface area contributed by atoms with Crippen LogP contribution in [-0.4, -0.2) is 38.0 Å². The van der Waals surface area contributed by atoms with E-state index in [1.54, 1.807) is 0 Å². The third-order valence-corrected chi connectivity index (χ3v) is 6.66. The molecule has 0 aromatic rings. The van der Waals surface area contributed by atoms with E-state index in [1.165, 1.54) is 12.5 Å². The molecule has 0 radical (unpaired) electrons. The van der Waals surface area contributed by atoms with Crippen molar-refractivity contribution in [2.45, 2.75) is 31.6 Å². The van der Waals surface area contributed by atoms with Crippen LogP contribution in [-0.2, 0) is 9.53 Å². The van der Waals surface area contributed by atoms with Crippen molar-refractivity contribution < 1.29 is 9.53 Å². The Balaban J connectivity index is 2.08. The summed E-state index contributed by atoms with van der Waals surface area (Å²) in [6.45, 7) is 6.42. The second-order valence-electron chi connectivity index (χ2n) is 4.26. The van der Waals surface area contributed by atoms with Gasteiger partial charge in [-0.3, -0.25) is 4.79 Å². The standard InChI is InChI=1S/C8H15NO2Si/c1-12(2)5-3-4-9(12)7-6-11-8(7)10/h7H,3-6H2,1-2H3. The molecule has 2 heterocycles. The summed E-state index contributed by atoms with van der Waals surface area (Å²) in [6, 6.07) is 1.45. The molecule has 2 aliphatic heterocycles. The molecule has 0 aromatic heterocycles. The van der Waals surface area contributed by atoms with Gasteiger partial charge in [0.1, 0.15) is 20.9 Å². The van der Waals surface area contributed by atoms with E-state index in [4.69, 9.17) is 4.74 Å². The van der Waals surface area contributed by atoms with Gasteiger partial charge in [0.25, 0.3) is 0 Å². The van der Waals surface area contributed by atoms with Crippen molar-refractivity contribution in [1.82, 2.24) is 4.57 Å². The van der Waals surface area contributed by atoms with Gasteiger partial charge < -0.3 is 9.30 Å². The topological polar surface area (TPSA) is 29.5 Å². The fourth-order valence-corrected chi connectivity index (χ4v) is 5.25. The Hall–Kier alpha value is -0.353. The maximum Gasteiger partial charge on any atom is 0.326 e. The zero-order valence-corrected chi connectivity index (χ0v) is 8.67. The molecule has 2 rings (SSSR count). The minimum absolute atomic E-state index is 0.00234. The van der Waals surface area contributed by atoms with Crippen LogP contribution in [0.1, 0.15) is 6.42 Å². The molecule has 2 saturated heterocycles. The van der Waals surface area contributed by atoms with Crippen LogP contribution in [0.5, 0.6) is 0 Å². The molecule has 12 heavy (non-hydrogen) atoms. The predicted molar refractivity (Wildman–Crippen MR) is 48.4 cm³/mol. The van der Waals surface area contributed by atoms with Gasteiger partial charge >= 0.3 is 5.97 Å². The van der Waals surface area contributed by atoms with Crippen molar-refractivity contribution in [3.8, 4) is 0 Å². The van der Waals surface area contributed by atoms with Crippen LogP contribution in [0.4, 0.5) is 0 Å². The lowest BCUT2D eigenvalue weighted by Gasteiger charge is -2.39. The summed E-state index contributed by atoms with van der Waals surface area (Å²) in [5.41, 5.74) is 0. The predicted octanol–water partition coefficient (Wildman–Crippen LogP) is 0.823. The quantitative estimate of drug-likeness (QED) is 0.447. The van der Waals surface area contributed by atoms with Crippen LogP contribution in [0.2, 0.25) is 19.1 Å². The lowest BCUT2D eigenvalue weighted by Crippen LogP contribution is -2.60.